The lowest BCUT2D eigenvalue weighted by Gasteiger charge is -2.17. The van der Waals surface area contributed by atoms with Crippen molar-refractivity contribution in [1.29, 1.82) is 0 Å². The lowest BCUT2D eigenvalue weighted by molar-refractivity contribution is 0.279. The molecule has 1 N–H and O–H groups in total. The normalized spacial score (nSPS) is 10.4. The second kappa shape index (κ2) is 10.3. The summed E-state index contributed by atoms with van der Waals surface area (Å²) in [5.74, 6) is 1.25. The Morgan fingerprint density at radius 2 is 1.80 bits per heavy atom. The van der Waals surface area contributed by atoms with E-state index in [9.17, 15) is 4.39 Å². The highest BCUT2D eigenvalue weighted by Gasteiger charge is 2.16. The molecule has 0 bridgehead atoms. The minimum absolute atomic E-state index is 0.0582. The zero-order valence-corrected chi connectivity index (χ0v) is 18.1. The van der Waals surface area contributed by atoms with Crippen LogP contribution in [0.25, 0.3) is 0 Å². The van der Waals surface area contributed by atoms with Crippen LogP contribution in [0.2, 0.25) is 5.02 Å². The number of nitrogens with one attached hydrogen (secondary N) is 1. The highest BCUT2D eigenvalue weighted by Crippen LogP contribution is 2.33. The molecule has 0 spiro atoms. The molecule has 30 heavy (non-hydrogen) atoms. The number of methoxy groups -OCH3 is 2. The van der Waals surface area contributed by atoms with Crippen LogP contribution >= 0.6 is 23.8 Å². The number of ether oxygens (including phenoxy) is 3. The molecule has 0 heterocycles. The van der Waals surface area contributed by atoms with Crippen LogP contribution in [0.4, 0.5) is 4.39 Å². The van der Waals surface area contributed by atoms with Gasteiger partial charge in [-0.25, -0.2) is 4.39 Å². The van der Waals surface area contributed by atoms with Gasteiger partial charge in [0.25, 0.3) is 0 Å². The van der Waals surface area contributed by atoms with Crippen molar-refractivity contribution in [3.63, 3.8) is 0 Å². The SMILES string of the molecule is COc1cccc(CNC(=S)c2cccc(OC)c2OCc2c(F)cccc2Cl)c1. The number of rotatable bonds is 8. The third kappa shape index (κ3) is 5.20. The Kier molecular flexibility index (Phi) is 7.49. The van der Waals surface area contributed by atoms with Crippen LogP contribution in [0.3, 0.4) is 0 Å². The molecule has 156 valence electrons. The Morgan fingerprint density at radius 1 is 1.03 bits per heavy atom. The van der Waals surface area contributed by atoms with Crippen molar-refractivity contribution >= 4 is 28.8 Å². The fraction of sp³-hybridized carbons (Fsp3) is 0.174. The number of benzene rings is 3. The smallest absolute Gasteiger partial charge is 0.171 e. The number of para-hydroxylation sites is 1. The molecule has 4 nitrogen and oxygen atoms in total. The highest BCUT2D eigenvalue weighted by molar-refractivity contribution is 7.80. The molecular formula is C23H21ClFNO3S. The van der Waals surface area contributed by atoms with E-state index >= 15 is 0 Å². The fourth-order valence-corrected chi connectivity index (χ4v) is 3.33. The van der Waals surface area contributed by atoms with Gasteiger partial charge in [0.05, 0.1) is 24.8 Å². The van der Waals surface area contributed by atoms with Gasteiger partial charge in [0.1, 0.15) is 23.2 Å². The molecule has 0 fully saturated rings. The van der Waals surface area contributed by atoms with Crippen LogP contribution in [0, 0.1) is 5.82 Å². The molecule has 0 amide bonds. The summed E-state index contributed by atoms with van der Waals surface area (Å²) in [5.41, 5.74) is 1.92. The Bertz CT molecular complexity index is 1020. The van der Waals surface area contributed by atoms with Crippen molar-refractivity contribution in [1.82, 2.24) is 5.32 Å². The standard InChI is InChI=1S/C23H21ClFNO3S/c1-27-16-7-3-6-15(12-16)13-26-23(30)17-8-4-11-21(28-2)22(17)29-14-18-19(24)9-5-10-20(18)25/h3-12H,13-14H2,1-2H3,(H,26,30). The van der Waals surface area contributed by atoms with Gasteiger partial charge in [0.2, 0.25) is 0 Å². The predicted octanol–water partition coefficient (Wildman–Crippen LogP) is 5.54. The Labute approximate surface area is 185 Å². The van der Waals surface area contributed by atoms with Gasteiger partial charge in [-0.1, -0.05) is 48.1 Å². The van der Waals surface area contributed by atoms with E-state index in [0.717, 1.165) is 11.3 Å². The average Bonchev–Trinajstić information content (AvgIpc) is 2.77. The molecule has 0 saturated carbocycles. The second-order valence-corrected chi connectivity index (χ2v) is 7.18. The lowest BCUT2D eigenvalue weighted by atomic mass is 10.1. The number of halogens is 2. The van der Waals surface area contributed by atoms with Gasteiger partial charge in [-0.3, -0.25) is 0 Å². The van der Waals surface area contributed by atoms with E-state index in [2.05, 4.69) is 5.32 Å². The summed E-state index contributed by atoms with van der Waals surface area (Å²) in [6.45, 7) is 0.448. The maximum atomic E-state index is 14.1. The number of hydrogen-bond donors (Lipinski definition) is 1. The van der Waals surface area contributed by atoms with Gasteiger partial charge < -0.3 is 19.5 Å². The van der Waals surface area contributed by atoms with Crippen molar-refractivity contribution in [3.05, 3.63) is 88.2 Å². The van der Waals surface area contributed by atoms with Crippen LogP contribution < -0.4 is 19.5 Å². The third-order valence-electron chi connectivity index (χ3n) is 4.45. The van der Waals surface area contributed by atoms with Gasteiger partial charge in [-0.2, -0.15) is 0 Å². The monoisotopic (exact) mass is 445 g/mol. The zero-order valence-electron chi connectivity index (χ0n) is 16.6. The predicted molar refractivity (Wildman–Crippen MR) is 120 cm³/mol. The largest absolute Gasteiger partial charge is 0.497 e. The molecule has 7 heteroatoms. The lowest BCUT2D eigenvalue weighted by Crippen LogP contribution is -2.22. The van der Waals surface area contributed by atoms with Crippen LogP contribution in [0.15, 0.2) is 60.7 Å². The van der Waals surface area contributed by atoms with Crippen molar-refractivity contribution in [2.45, 2.75) is 13.2 Å². The van der Waals surface area contributed by atoms with Crippen molar-refractivity contribution in [2.75, 3.05) is 14.2 Å². The first-order valence-corrected chi connectivity index (χ1v) is 9.96. The summed E-state index contributed by atoms with van der Waals surface area (Å²) < 4.78 is 30.7. The van der Waals surface area contributed by atoms with E-state index in [4.69, 9.17) is 38.0 Å². The van der Waals surface area contributed by atoms with Crippen LogP contribution in [0.1, 0.15) is 16.7 Å². The van der Waals surface area contributed by atoms with E-state index in [0.29, 0.717) is 33.6 Å². The molecule has 3 aromatic rings. The van der Waals surface area contributed by atoms with E-state index in [1.165, 1.54) is 13.2 Å². The van der Waals surface area contributed by atoms with E-state index in [1.54, 1.807) is 25.3 Å². The molecule has 0 aliphatic heterocycles. The molecule has 0 saturated heterocycles. The topological polar surface area (TPSA) is 39.7 Å². The number of thiocarbonyl (C=S) groups is 1. The first-order valence-electron chi connectivity index (χ1n) is 9.17. The minimum Gasteiger partial charge on any atom is -0.497 e. The van der Waals surface area contributed by atoms with E-state index in [-0.39, 0.29) is 12.2 Å². The first-order chi connectivity index (χ1) is 14.5. The van der Waals surface area contributed by atoms with Gasteiger partial charge >= 0.3 is 0 Å². The van der Waals surface area contributed by atoms with Gasteiger partial charge in [0.15, 0.2) is 11.5 Å². The molecule has 0 atom stereocenters. The quantitative estimate of drug-likeness (QED) is 0.461. The van der Waals surface area contributed by atoms with Crippen LogP contribution in [-0.4, -0.2) is 19.2 Å². The molecule has 0 aliphatic carbocycles. The summed E-state index contributed by atoms with van der Waals surface area (Å²) in [5, 5.41) is 3.52. The molecule has 0 unspecified atom stereocenters. The molecule has 3 rings (SSSR count). The van der Waals surface area contributed by atoms with Crippen molar-refractivity contribution < 1.29 is 18.6 Å². The Morgan fingerprint density at radius 3 is 2.53 bits per heavy atom. The highest BCUT2D eigenvalue weighted by atomic mass is 35.5. The summed E-state index contributed by atoms with van der Waals surface area (Å²) in [6.07, 6.45) is 0. The summed E-state index contributed by atoms with van der Waals surface area (Å²) in [4.78, 5) is 0.478. The van der Waals surface area contributed by atoms with Crippen molar-refractivity contribution in [3.8, 4) is 17.2 Å². The average molecular weight is 446 g/mol. The van der Waals surface area contributed by atoms with Gasteiger partial charge in [-0.05, 0) is 42.0 Å². The van der Waals surface area contributed by atoms with Gasteiger partial charge in [0, 0.05) is 12.1 Å². The Balaban J connectivity index is 1.79. The van der Waals surface area contributed by atoms with E-state index in [1.807, 2.05) is 36.4 Å². The zero-order chi connectivity index (χ0) is 21.5. The molecule has 0 radical (unpaired) electrons. The third-order valence-corrected chi connectivity index (χ3v) is 5.17. The molecule has 0 aliphatic rings. The van der Waals surface area contributed by atoms with E-state index < -0.39 is 5.82 Å². The van der Waals surface area contributed by atoms with Gasteiger partial charge in [-0.15, -0.1) is 0 Å². The minimum atomic E-state index is -0.433. The molecule has 0 aromatic heterocycles. The van der Waals surface area contributed by atoms with Crippen molar-refractivity contribution in [2.24, 2.45) is 0 Å². The molecular weight excluding hydrogens is 425 g/mol. The summed E-state index contributed by atoms with van der Waals surface area (Å²) in [6, 6.07) is 17.6. The molecule has 3 aromatic carbocycles. The number of hydrogen-bond acceptors (Lipinski definition) is 4. The summed E-state index contributed by atoms with van der Waals surface area (Å²) >= 11 is 11.7. The Hall–Kier alpha value is -2.83. The van der Waals surface area contributed by atoms with Crippen LogP contribution in [-0.2, 0) is 13.2 Å². The second-order valence-electron chi connectivity index (χ2n) is 6.36. The fourth-order valence-electron chi connectivity index (χ4n) is 2.88. The summed E-state index contributed by atoms with van der Waals surface area (Å²) in [7, 11) is 3.16. The first kappa shape index (κ1) is 21.9. The maximum absolute atomic E-state index is 14.1. The maximum Gasteiger partial charge on any atom is 0.171 e. The van der Waals surface area contributed by atoms with Crippen LogP contribution in [0.5, 0.6) is 17.2 Å².